The van der Waals surface area contributed by atoms with Crippen molar-refractivity contribution in [2.24, 2.45) is 10.8 Å². The molecule has 20 heavy (non-hydrogen) atoms. The summed E-state index contributed by atoms with van der Waals surface area (Å²) < 4.78 is 0. The average Bonchev–Trinajstić information content (AvgIpc) is 2.37. The van der Waals surface area contributed by atoms with Crippen LogP contribution < -0.4 is 0 Å². The van der Waals surface area contributed by atoms with Crippen LogP contribution in [0.5, 0.6) is 0 Å². The van der Waals surface area contributed by atoms with Gasteiger partial charge in [0, 0.05) is 11.8 Å². The molecule has 2 aliphatic carbocycles. The first-order valence-corrected chi connectivity index (χ1v) is 6.85. The number of allylic oxidation sites excluding steroid dienone is 1. The van der Waals surface area contributed by atoms with E-state index in [4.69, 9.17) is 0 Å². The molecule has 3 atom stereocenters. The Morgan fingerprint density at radius 3 is 2.25 bits per heavy atom. The lowest BCUT2D eigenvalue weighted by Gasteiger charge is -2.58. The number of hydrogen-bond acceptors (Lipinski definition) is 5. The zero-order chi connectivity index (χ0) is 15.4. The highest BCUT2D eigenvalue weighted by Crippen LogP contribution is 2.59. The number of hydrogen-bond donors (Lipinski definition) is 3. The van der Waals surface area contributed by atoms with Gasteiger partial charge in [-0.05, 0) is 31.3 Å². The zero-order valence-corrected chi connectivity index (χ0v) is 12.1. The highest BCUT2D eigenvalue weighted by molar-refractivity contribution is 6.00. The Balaban J connectivity index is 2.51. The van der Waals surface area contributed by atoms with Gasteiger partial charge in [0.05, 0.1) is 6.61 Å². The molecular formula is C15H22O5. The van der Waals surface area contributed by atoms with Gasteiger partial charge in [0.1, 0.15) is 11.2 Å². The highest BCUT2D eigenvalue weighted by atomic mass is 16.3. The van der Waals surface area contributed by atoms with Gasteiger partial charge < -0.3 is 15.3 Å². The Morgan fingerprint density at radius 2 is 1.75 bits per heavy atom. The normalized spacial score (nSPS) is 44.1. The third-order valence-electron chi connectivity index (χ3n) is 5.50. The molecule has 5 nitrogen and oxygen atoms in total. The zero-order valence-electron chi connectivity index (χ0n) is 12.1. The van der Waals surface area contributed by atoms with Gasteiger partial charge in [0.2, 0.25) is 0 Å². The number of carbonyl (C=O) groups excluding carboxylic acids is 2. The van der Waals surface area contributed by atoms with Crippen LogP contribution in [0.1, 0.15) is 40.0 Å². The first-order chi connectivity index (χ1) is 9.02. The summed E-state index contributed by atoms with van der Waals surface area (Å²) in [4.78, 5) is 24.3. The summed E-state index contributed by atoms with van der Waals surface area (Å²) >= 11 is 0. The lowest BCUT2D eigenvalue weighted by molar-refractivity contribution is -0.188. The molecule has 1 spiro atoms. The third kappa shape index (κ3) is 1.73. The second-order valence-corrected chi connectivity index (χ2v) is 6.86. The number of aliphatic hydroxyl groups is 3. The van der Waals surface area contributed by atoms with E-state index < -0.39 is 40.2 Å². The van der Waals surface area contributed by atoms with Crippen LogP contribution in [0.4, 0.5) is 0 Å². The van der Waals surface area contributed by atoms with Crippen LogP contribution in [0.3, 0.4) is 0 Å². The molecule has 1 fully saturated rings. The van der Waals surface area contributed by atoms with E-state index in [0.29, 0.717) is 6.42 Å². The lowest BCUT2D eigenvalue weighted by Crippen LogP contribution is -2.65. The van der Waals surface area contributed by atoms with E-state index in [2.05, 4.69) is 0 Å². The summed E-state index contributed by atoms with van der Waals surface area (Å²) in [6.45, 7) is 4.56. The number of rotatable bonds is 1. The van der Waals surface area contributed by atoms with Crippen molar-refractivity contribution in [1.29, 1.82) is 0 Å². The van der Waals surface area contributed by atoms with E-state index in [1.807, 2.05) is 13.8 Å². The molecule has 0 heterocycles. The second-order valence-electron chi connectivity index (χ2n) is 6.86. The maximum Gasteiger partial charge on any atom is 0.187 e. The molecule has 0 aliphatic heterocycles. The van der Waals surface area contributed by atoms with E-state index in [1.54, 1.807) is 6.08 Å². The standard InChI is InChI=1S/C15H22O5/c1-12(2)5-4-10(17)13(3,19)15(12)7-6-14(20,9-16)11(18)8-15/h4-5,16,19-20H,6-9H2,1-3H3. The van der Waals surface area contributed by atoms with Gasteiger partial charge in [-0.15, -0.1) is 0 Å². The van der Waals surface area contributed by atoms with Crippen molar-refractivity contribution in [2.45, 2.75) is 51.2 Å². The van der Waals surface area contributed by atoms with Gasteiger partial charge in [0.25, 0.3) is 0 Å². The smallest absolute Gasteiger partial charge is 0.187 e. The molecule has 3 unspecified atom stereocenters. The summed E-state index contributed by atoms with van der Waals surface area (Å²) in [5, 5.41) is 30.0. The van der Waals surface area contributed by atoms with E-state index in [1.165, 1.54) is 13.0 Å². The average molecular weight is 282 g/mol. The molecule has 5 heteroatoms. The van der Waals surface area contributed by atoms with Crippen molar-refractivity contribution < 1.29 is 24.9 Å². The monoisotopic (exact) mass is 282 g/mol. The number of aliphatic hydroxyl groups excluding tert-OH is 1. The van der Waals surface area contributed by atoms with E-state index in [-0.39, 0.29) is 12.8 Å². The van der Waals surface area contributed by atoms with E-state index in [9.17, 15) is 24.9 Å². The van der Waals surface area contributed by atoms with Crippen LogP contribution in [0.25, 0.3) is 0 Å². The van der Waals surface area contributed by atoms with Crippen molar-refractivity contribution >= 4 is 11.6 Å². The fraction of sp³-hybridized carbons (Fsp3) is 0.733. The van der Waals surface area contributed by atoms with Gasteiger partial charge in [0.15, 0.2) is 11.6 Å². The Labute approximate surface area is 118 Å². The van der Waals surface area contributed by atoms with E-state index in [0.717, 1.165) is 0 Å². The molecule has 0 aromatic rings. The van der Waals surface area contributed by atoms with Crippen LogP contribution in [0.2, 0.25) is 0 Å². The summed E-state index contributed by atoms with van der Waals surface area (Å²) in [5.74, 6) is -0.929. The van der Waals surface area contributed by atoms with Gasteiger partial charge >= 0.3 is 0 Å². The van der Waals surface area contributed by atoms with Crippen molar-refractivity contribution in [2.75, 3.05) is 6.61 Å². The van der Waals surface area contributed by atoms with Crippen LogP contribution in [-0.4, -0.2) is 44.7 Å². The summed E-state index contributed by atoms with van der Waals surface area (Å²) in [6.07, 6.45) is 3.31. The minimum Gasteiger partial charge on any atom is -0.393 e. The first kappa shape index (κ1) is 15.4. The molecule has 0 radical (unpaired) electrons. The number of carbonyl (C=O) groups is 2. The van der Waals surface area contributed by atoms with Gasteiger partial charge in [-0.1, -0.05) is 19.9 Å². The molecule has 0 amide bonds. The maximum atomic E-state index is 12.2. The quantitative estimate of drug-likeness (QED) is 0.645. The maximum absolute atomic E-state index is 12.2. The number of Topliss-reactive ketones (excluding diaryl/α,β-unsaturated/α-hetero) is 1. The van der Waals surface area contributed by atoms with Crippen LogP contribution >= 0.6 is 0 Å². The number of ketones is 2. The van der Waals surface area contributed by atoms with Gasteiger partial charge in [-0.25, -0.2) is 0 Å². The van der Waals surface area contributed by atoms with Crippen LogP contribution in [0, 0.1) is 10.8 Å². The Morgan fingerprint density at radius 1 is 1.15 bits per heavy atom. The first-order valence-electron chi connectivity index (χ1n) is 6.85. The minimum atomic E-state index is -1.75. The summed E-state index contributed by atoms with van der Waals surface area (Å²) in [6, 6.07) is 0. The van der Waals surface area contributed by atoms with Crippen molar-refractivity contribution in [3.05, 3.63) is 12.2 Å². The fourth-order valence-electron chi connectivity index (χ4n) is 3.69. The van der Waals surface area contributed by atoms with Gasteiger partial charge in [-0.3, -0.25) is 9.59 Å². The molecule has 2 rings (SSSR count). The molecule has 112 valence electrons. The topological polar surface area (TPSA) is 94.8 Å². The Kier molecular flexibility index (Phi) is 3.24. The third-order valence-corrected chi connectivity index (χ3v) is 5.50. The Bertz CT molecular complexity index is 490. The largest absolute Gasteiger partial charge is 0.393 e. The predicted octanol–water partition coefficient (Wildman–Crippen LogP) is 0.365. The molecular weight excluding hydrogens is 260 g/mol. The SMILES string of the molecule is CC1(C)C=CC(=O)C(C)(O)C12CCC(O)(CO)C(=O)C2. The summed E-state index contributed by atoms with van der Waals surface area (Å²) in [7, 11) is 0. The minimum absolute atomic E-state index is 0.0447. The van der Waals surface area contributed by atoms with Crippen LogP contribution in [0.15, 0.2) is 12.2 Å². The van der Waals surface area contributed by atoms with Crippen molar-refractivity contribution in [3.63, 3.8) is 0 Å². The van der Waals surface area contributed by atoms with Crippen molar-refractivity contribution in [1.82, 2.24) is 0 Å². The van der Waals surface area contributed by atoms with Crippen LogP contribution in [-0.2, 0) is 9.59 Å². The molecule has 0 bridgehead atoms. The molecule has 0 aromatic carbocycles. The predicted molar refractivity (Wildman–Crippen MR) is 71.9 cm³/mol. The highest BCUT2D eigenvalue weighted by Gasteiger charge is 2.64. The van der Waals surface area contributed by atoms with Gasteiger partial charge in [-0.2, -0.15) is 0 Å². The second kappa shape index (κ2) is 4.23. The van der Waals surface area contributed by atoms with E-state index >= 15 is 0 Å². The Hall–Kier alpha value is -1.04. The molecule has 1 saturated carbocycles. The summed E-state index contributed by atoms with van der Waals surface area (Å²) in [5.41, 5.74) is -4.92. The molecule has 3 N–H and O–H groups in total. The molecule has 2 aliphatic rings. The van der Waals surface area contributed by atoms with Crippen molar-refractivity contribution in [3.8, 4) is 0 Å². The molecule has 0 saturated heterocycles. The fourth-order valence-corrected chi connectivity index (χ4v) is 3.69. The molecule has 0 aromatic heterocycles. The lowest BCUT2D eigenvalue weighted by atomic mass is 9.47.